The van der Waals surface area contributed by atoms with E-state index in [4.69, 9.17) is 5.11 Å². The quantitative estimate of drug-likeness (QED) is 0.735. The van der Waals surface area contributed by atoms with Crippen LogP contribution in [0.15, 0.2) is 0 Å². The van der Waals surface area contributed by atoms with Crippen LogP contribution >= 0.6 is 11.8 Å². The van der Waals surface area contributed by atoms with E-state index in [9.17, 15) is 14.4 Å². The van der Waals surface area contributed by atoms with E-state index in [1.165, 1.54) is 21.6 Å². The molecular weight excluding hydrogens is 244 g/mol. The lowest BCUT2D eigenvalue weighted by Crippen LogP contribution is -2.40. The number of carboxylic acids is 1. The third kappa shape index (κ3) is 2.71. The Morgan fingerprint density at radius 2 is 2.24 bits per heavy atom. The van der Waals surface area contributed by atoms with Crippen LogP contribution in [0.3, 0.4) is 0 Å². The fourth-order valence-corrected chi connectivity index (χ4v) is 2.90. The maximum Gasteiger partial charge on any atom is 0.308 e. The van der Waals surface area contributed by atoms with Crippen molar-refractivity contribution >= 4 is 29.5 Å². The molecule has 0 aromatic rings. The van der Waals surface area contributed by atoms with Gasteiger partial charge in [-0.25, -0.2) is 0 Å². The number of rotatable bonds is 3. The molecule has 0 saturated carbocycles. The van der Waals surface area contributed by atoms with Crippen molar-refractivity contribution < 1.29 is 19.5 Å². The van der Waals surface area contributed by atoms with Crippen molar-refractivity contribution in [3.05, 3.63) is 0 Å². The predicted octanol–water partition coefficient (Wildman–Crippen LogP) is -0.548. The van der Waals surface area contributed by atoms with Crippen molar-refractivity contribution in [3.63, 3.8) is 0 Å². The fraction of sp³-hybridized carbons (Fsp3) is 0.700. The summed E-state index contributed by atoms with van der Waals surface area (Å²) in [6.45, 7) is 0.826. The first-order valence-electron chi connectivity index (χ1n) is 5.44. The second-order valence-electron chi connectivity index (χ2n) is 4.23. The number of carbonyl (C=O) groups excluding carboxylic acids is 2. The van der Waals surface area contributed by atoms with E-state index in [0.717, 1.165) is 0 Å². The molecule has 0 radical (unpaired) electrons. The SMILES string of the molecule is O=C(O)[C@H]1CCN(C(=O)CN2CSCC2=O)C1. The number of likely N-dealkylation sites (tertiary alicyclic amines) is 1. The molecule has 0 aliphatic carbocycles. The minimum absolute atomic E-state index is 0.0164. The van der Waals surface area contributed by atoms with Crippen molar-refractivity contribution in [1.29, 1.82) is 0 Å². The summed E-state index contributed by atoms with van der Waals surface area (Å²) in [7, 11) is 0. The average Bonchev–Trinajstić information content (AvgIpc) is 2.88. The van der Waals surface area contributed by atoms with E-state index in [1.54, 1.807) is 0 Å². The molecule has 2 aliphatic heterocycles. The normalized spacial score (nSPS) is 24.5. The molecule has 2 amide bonds. The Labute approximate surface area is 103 Å². The van der Waals surface area contributed by atoms with Gasteiger partial charge >= 0.3 is 5.97 Å². The molecule has 2 fully saturated rings. The van der Waals surface area contributed by atoms with Gasteiger partial charge in [-0.15, -0.1) is 11.8 Å². The highest BCUT2D eigenvalue weighted by atomic mass is 32.2. The number of thioether (sulfide) groups is 1. The highest BCUT2D eigenvalue weighted by Gasteiger charge is 2.32. The van der Waals surface area contributed by atoms with Crippen LogP contribution in [-0.2, 0) is 14.4 Å². The van der Waals surface area contributed by atoms with Gasteiger partial charge in [-0.05, 0) is 6.42 Å². The van der Waals surface area contributed by atoms with Crippen LogP contribution in [-0.4, -0.2) is 64.0 Å². The summed E-state index contributed by atoms with van der Waals surface area (Å²) in [4.78, 5) is 37.0. The van der Waals surface area contributed by atoms with Crippen molar-refractivity contribution in [2.24, 2.45) is 5.92 Å². The summed E-state index contributed by atoms with van der Waals surface area (Å²) >= 11 is 1.49. The van der Waals surface area contributed by atoms with Crippen LogP contribution < -0.4 is 0 Å². The van der Waals surface area contributed by atoms with Gasteiger partial charge in [0, 0.05) is 13.1 Å². The van der Waals surface area contributed by atoms with Crippen molar-refractivity contribution in [2.75, 3.05) is 31.3 Å². The lowest BCUT2D eigenvalue weighted by molar-refractivity contribution is -0.142. The lowest BCUT2D eigenvalue weighted by Gasteiger charge is -2.20. The highest BCUT2D eigenvalue weighted by molar-refractivity contribution is 8.00. The summed E-state index contributed by atoms with van der Waals surface area (Å²) in [5.74, 6) is -0.483. The van der Waals surface area contributed by atoms with Gasteiger partial charge < -0.3 is 14.9 Å². The average molecular weight is 258 g/mol. The molecule has 0 aromatic carbocycles. The smallest absolute Gasteiger partial charge is 0.308 e. The Bertz CT molecular complexity index is 360. The third-order valence-electron chi connectivity index (χ3n) is 3.04. The van der Waals surface area contributed by atoms with E-state index < -0.39 is 11.9 Å². The molecule has 2 saturated heterocycles. The fourth-order valence-electron chi connectivity index (χ4n) is 1.99. The molecule has 1 N–H and O–H groups in total. The van der Waals surface area contributed by atoms with E-state index in [0.29, 0.717) is 24.6 Å². The van der Waals surface area contributed by atoms with Gasteiger partial charge in [0.15, 0.2) is 0 Å². The molecule has 1 atom stereocenters. The van der Waals surface area contributed by atoms with Crippen LogP contribution in [0.2, 0.25) is 0 Å². The van der Waals surface area contributed by atoms with Gasteiger partial charge in [-0.2, -0.15) is 0 Å². The van der Waals surface area contributed by atoms with Gasteiger partial charge in [0.25, 0.3) is 0 Å². The molecule has 7 heteroatoms. The minimum atomic E-state index is -0.854. The zero-order valence-electron chi connectivity index (χ0n) is 9.29. The van der Waals surface area contributed by atoms with E-state index in [2.05, 4.69) is 0 Å². The third-order valence-corrected chi connectivity index (χ3v) is 3.99. The molecule has 17 heavy (non-hydrogen) atoms. The molecule has 0 aromatic heterocycles. The number of carboxylic acid groups (broad SMARTS) is 1. The van der Waals surface area contributed by atoms with E-state index >= 15 is 0 Å². The van der Waals surface area contributed by atoms with Crippen LogP contribution in [0.4, 0.5) is 0 Å². The second-order valence-corrected chi connectivity index (χ2v) is 5.19. The first-order valence-corrected chi connectivity index (χ1v) is 6.59. The van der Waals surface area contributed by atoms with Gasteiger partial charge in [0.1, 0.15) is 6.54 Å². The topological polar surface area (TPSA) is 77.9 Å². The monoisotopic (exact) mass is 258 g/mol. The number of hydrogen-bond acceptors (Lipinski definition) is 4. The molecule has 6 nitrogen and oxygen atoms in total. The standard InChI is InChI=1S/C10H14N2O4S/c13-8(4-12-6-17-5-9(12)14)11-2-1-7(3-11)10(15)16/h7H,1-6H2,(H,15,16)/t7-/m0/s1. The van der Waals surface area contributed by atoms with E-state index in [1.807, 2.05) is 0 Å². The molecule has 0 spiro atoms. The van der Waals surface area contributed by atoms with Gasteiger partial charge in [0.05, 0.1) is 17.5 Å². The number of hydrogen-bond donors (Lipinski definition) is 1. The molecular formula is C10H14N2O4S. The first-order chi connectivity index (χ1) is 8.08. The van der Waals surface area contributed by atoms with Crippen molar-refractivity contribution in [3.8, 4) is 0 Å². The lowest BCUT2D eigenvalue weighted by atomic mass is 10.1. The molecule has 0 unspecified atom stereocenters. The Morgan fingerprint density at radius 3 is 2.76 bits per heavy atom. The summed E-state index contributed by atoms with van der Waals surface area (Å²) in [6, 6.07) is 0. The second kappa shape index (κ2) is 4.95. The maximum absolute atomic E-state index is 11.8. The summed E-state index contributed by atoms with van der Waals surface area (Å²) in [6.07, 6.45) is 0.504. The largest absolute Gasteiger partial charge is 0.481 e. The van der Waals surface area contributed by atoms with Gasteiger partial charge in [0.2, 0.25) is 11.8 Å². The van der Waals surface area contributed by atoms with Crippen LogP contribution in [0, 0.1) is 5.92 Å². The number of carbonyl (C=O) groups is 3. The molecule has 2 heterocycles. The Morgan fingerprint density at radius 1 is 1.47 bits per heavy atom. The Kier molecular flexibility index (Phi) is 3.56. The first kappa shape index (κ1) is 12.2. The Hall–Kier alpha value is -1.24. The number of nitrogens with zero attached hydrogens (tertiary/aromatic N) is 2. The minimum Gasteiger partial charge on any atom is -0.481 e. The Balaban J connectivity index is 1.85. The number of aliphatic carboxylic acids is 1. The summed E-state index contributed by atoms with van der Waals surface area (Å²) < 4.78 is 0. The number of amides is 2. The molecule has 94 valence electrons. The van der Waals surface area contributed by atoms with E-state index in [-0.39, 0.29) is 24.9 Å². The maximum atomic E-state index is 11.8. The molecule has 2 rings (SSSR count). The van der Waals surface area contributed by atoms with Crippen LogP contribution in [0.25, 0.3) is 0 Å². The van der Waals surface area contributed by atoms with Gasteiger partial charge in [-0.1, -0.05) is 0 Å². The highest BCUT2D eigenvalue weighted by Crippen LogP contribution is 2.18. The summed E-state index contributed by atoms with van der Waals surface area (Å²) in [5.41, 5.74) is 0. The van der Waals surface area contributed by atoms with Crippen LogP contribution in [0.5, 0.6) is 0 Å². The molecule has 0 bridgehead atoms. The zero-order valence-corrected chi connectivity index (χ0v) is 10.1. The van der Waals surface area contributed by atoms with Crippen molar-refractivity contribution in [2.45, 2.75) is 6.42 Å². The molecule has 2 aliphatic rings. The van der Waals surface area contributed by atoms with Gasteiger partial charge in [-0.3, -0.25) is 14.4 Å². The predicted molar refractivity (Wildman–Crippen MR) is 61.4 cm³/mol. The zero-order chi connectivity index (χ0) is 12.4. The summed E-state index contributed by atoms with van der Waals surface area (Å²) in [5, 5.41) is 8.83. The van der Waals surface area contributed by atoms with Crippen molar-refractivity contribution in [1.82, 2.24) is 9.80 Å². The van der Waals surface area contributed by atoms with Crippen LogP contribution in [0.1, 0.15) is 6.42 Å².